The van der Waals surface area contributed by atoms with E-state index in [1.165, 1.54) is 12.2 Å². The first-order valence-corrected chi connectivity index (χ1v) is 14.3. The van der Waals surface area contributed by atoms with E-state index in [0.717, 1.165) is 6.42 Å². The van der Waals surface area contributed by atoms with Gasteiger partial charge in [0.25, 0.3) is 0 Å². The number of allylic oxidation sites excluding steroid dienone is 2. The van der Waals surface area contributed by atoms with Crippen LogP contribution in [0.2, 0.25) is 0 Å². The second-order valence-electron chi connectivity index (χ2n) is 13.2. The predicted molar refractivity (Wildman–Crippen MR) is 135 cm³/mol. The van der Waals surface area contributed by atoms with Gasteiger partial charge >= 0.3 is 11.9 Å². The molecule has 13 atom stereocenters. The van der Waals surface area contributed by atoms with Crippen LogP contribution in [-0.2, 0) is 42.7 Å². The second-order valence-corrected chi connectivity index (χ2v) is 13.2. The van der Waals surface area contributed by atoms with Gasteiger partial charge in [0.15, 0.2) is 6.10 Å². The molecular weight excluding hydrogens is 524 g/mol. The van der Waals surface area contributed by atoms with Crippen LogP contribution in [0, 0.1) is 10.8 Å². The number of rotatable bonds is 1. The Hall–Kier alpha value is -1.86. The Labute approximate surface area is 232 Å². The molecule has 11 heteroatoms. The highest BCUT2D eigenvalue weighted by Crippen LogP contribution is 2.75. The fraction of sp³-hybridized carbons (Fsp3) is 0.793. The third-order valence-electron chi connectivity index (χ3n) is 11.1. The van der Waals surface area contributed by atoms with Crippen LogP contribution in [0.15, 0.2) is 24.3 Å². The third kappa shape index (κ3) is 3.55. The van der Waals surface area contributed by atoms with Crippen molar-refractivity contribution in [2.75, 3.05) is 19.8 Å². The summed E-state index contributed by atoms with van der Waals surface area (Å²) in [5, 5.41) is 20.9. The zero-order valence-corrected chi connectivity index (χ0v) is 23.2. The van der Waals surface area contributed by atoms with Crippen molar-refractivity contribution in [1.82, 2.24) is 0 Å². The molecule has 7 aliphatic rings. The number of carbonyl (C=O) groups is 2. The Kier molecular flexibility index (Phi) is 5.80. The molecule has 5 aliphatic heterocycles. The van der Waals surface area contributed by atoms with Gasteiger partial charge in [0.1, 0.15) is 42.2 Å². The largest absolute Gasteiger partial charge is 0.463 e. The van der Waals surface area contributed by atoms with Gasteiger partial charge in [-0.3, -0.25) is 0 Å². The summed E-state index contributed by atoms with van der Waals surface area (Å²) in [5.74, 6) is -1.10. The number of carbonyl (C=O) groups excluding carboxylic acids is 2. The van der Waals surface area contributed by atoms with E-state index in [2.05, 4.69) is 13.8 Å². The van der Waals surface area contributed by atoms with Crippen molar-refractivity contribution in [1.29, 1.82) is 0 Å². The number of esters is 2. The van der Waals surface area contributed by atoms with Crippen LogP contribution in [0.4, 0.5) is 0 Å². The molecule has 7 rings (SSSR count). The summed E-state index contributed by atoms with van der Waals surface area (Å²) in [6, 6.07) is 0. The number of hydrogen-bond donors (Lipinski definition) is 2. The van der Waals surface area contributed by atoms with Gasteiger partial charge in [0.05, 0.1) is 42.5 Å². The molecule has 2 spiro atoms. The molecular formula is C29H38O11. The summed E-state index contributed by atoms with van der Waals surface area (Å²) in [7, 11) is 0. The molecule has 11 nitrogen and oxygen atoms in total. The average Bonchev–Trinajstić information content (AvgIpc) is 3.81. The van der Waals surface area contributed by atoms with E-state index >= 15 is 0 Å². The van der Waals surface area contributed by atoms with Gasteiger partial charge in [0, 0.05) is 17.9 Å². The second kappa shape index (κ2) is 8.59. The summed E-state index contributed by atoms with van der Waals surface area (Å²) in [5.41, 5.74) is -3.54. The minimum atomic E-state index is -1.18. The van der Waals surface area contributed by atoms with Crippen LogP contribution in [-0.4, -0.2) is 108 Å². The molecule has 0 aromatic carbocycles. The van der Waals surface area contributed by atoms with Gasteiger partial charge in [-0.25, -0.2) is 9.59 Å². The predicted octanol–water partition coefficient (Wildman–Crippen LogP) is 0.736. The van der Waals surface area contributed by atoms with E-state index in [-0.39, 0.29) is 37.1 Å². The van der Waals surface area contributed by atoms with Gasteiger partial charge in [-0.05, 0) is 33.6 Å². The van der Waals surface area contributed by atoms with Crippen LogP contribution in [0.5, 0.6) is 0 Å². The van der Waals surface area contributed by atoms with Crippen molar-refractivity contribution in [2.24, 2.45) is 10.8 Å². The number of aliphatic hydroxyl groups is 2. The summed E-state index contributed by atoms with van der Waals surface area (Å²) in [6.45, 7) is 7.67. The molecule has 2 N–H and O–H groups in total. The SMILES string of the molecule is C[C@H](O)[C@@H]1/C=C\C=C\C(=O)O[C@@H]2C[C@H]3O[C@H]4[C@H]5O[C@]5(C)CC[C@@]4(COC(=O)[C@H]4O[C@@]4(C)[C@H](O)CO1)[C@@]2(C)[C@@]31CO1. The summed E-state index contributed by atoms with van der Waals surface area (Å²) < 4.78 is 42.6. The van der Waals surface area contributed by atoms with E-state index in [4.69, 9.17) is 33.2 Å². The summed E-state index contributed by atoms with van der Waals surface area (Å²) in [4.78, 5) is 26.4. The Balaban J connectivity index is 1.25. The van der Waals surface area contributed by atoms with Crippen LogP contribution < -0.4 is 0 Å². The van der Waals surface area contributed by atoms with E-state index < -0.39 is 64.5 Å². The Bertz CT molecular complexity index is 1160. The van der Waals surface area contributed by atoms with Crippen LogP contribution >= 0.6 is 0 Å². The first-order valence-electron chi connectivity index (χ1n) is 14.3. The maximum Gasteiger partial charge on any atom is 0.338 e. The highest BCUT2D eigenvalue weighted by atomic mass is 16.7. The highest BCUT2D eigenvalue weighted by Gasteiger charge is 2.86. The molecule has 0 aromatic heterocycles. The fourth-order valence-electron chi connectivity index (χ4n) is 8.09. The Morgan fingerprint density at radius 2 is 1.80 bits per heavy atom. The van der Waals surface area contributed by atoms with E-state index in [1.807, 2.05) is 0 Å². The lowest BCUT2D eigenvalue weighted by Gasteiger charge is -2.58. The molecule has 0 amide bonds. The first-order chi connectivity index (χ1) is 18.9. The fourth-order valence-corrected chi connectivity index (χ4v) is 8.09. The quantitative estimate of drug-likeness (QED) is 0.344. The van der Waals surface area contributed by atoms with E-state index in [0.29, 0.717) is 19.4 Å². The van der Waals surface area contributed by atoms with Crippen molar-refractivity contribution in [3.63, 3.8) is 0 Å². The van der Waals surface area contributed by atoms with Crippen molar-refractivity contribution in [2.45, 2.75) is 113 Å². The lowest BCUT2D eigenvalue weighted by molar-refractivity contribution is -0.251. The molecule has 220 valence electrons. The van der Waals surface area contributed by atoms with Gasteiger partial charge in [-0.1, -0.05) is 25.2 Å². The van der Waals surface area contributed by atoms with Gasteiger partial charge in [0.2, 0.25) is 0 Å². The topological polar surface area (TPSA) is 149 Å². The number of cyclic esters (lactones) is 1. The van der Waals surface area contributed by atoms with Gasteiger partial charge in [-0.15, -0.1) is 0 Å². The Morgan fingerprint density at radius 3 is 2.52 bits per heavy atom. The zero-order valence-electron chi connectivity index (χ0n) is 23.2. The molecule has 0 aromatic rings. The highest BCUT2D eigenvalue weighted by molar-refractivity contribution is 5.82. The van der Waals surface area contributed by atoms with Crippen molar-refractivity contribution in [3.8, 4) is 0 Å². The smallest absolute Gasteiger partial charge is 0.338 e. The molecule has 2 bridgehead atoms. The molecule has 2 saturated carbocycles. The van der Waals surface area contributed by atoms with Crippen molar-refractivity contribution >= 4 is 11.9 Å². The molecule has 0 unspecified atom stereocenters. The normalized spacial score (nSPS) is 57.2. The lowest BCUT2D eigenvalue weighted by atomic mass is 9.50. The molecule has 2 aliphatic carbocycles. The third-order valence-corrected chi connectivity index (χ3v) is 11.1. The number of epoxide rings is 3. The molecule has 40 heavy (non-hydrogen) atoms. The molecule has 6 fully saturated rings. The van der Waals surface area contributed by atoms with Crippen LogP contribution in [0.1, 0.15) is 47.0 Å². The van der Waals surface area contributed by atoms with E-state index in [1.54, 1.807) is 26.0 Å². The Morgan fingerprint density at radius 1 is 1.02 bits per heavy atom. The van der Waals surface area contributed by atoms with E-state index in [9.17, 15) is 19.8 Å². The number of hydrogen-bond acceptors (Lipinski definition) is 11. The zero-order chi connectivity index (χ0) is 28.3. The maximum atomic E-state index is 13.4. The van der Waals surface area contributed by atoms with Crippen LogP contribution in [0.25, 0.3) is 0 Å². The van der Waals surface area contributed by atoms with Crippen molar-refractivity contribution in [3.05, 3.63) is 24.3 Å². The van der Waals surface area contributed by atoms with Crippen LogP contribution in [0.3, 0.4) is 0 Å². The first kappa shape index (κ1) is 27.0. The van der Waals surface area contributed by atoms with Gasteiger partial charge in [-0.2, -0.15) is 0 Å². The minimum Gasteiger partial charge on any atom is -0.463 e. The minimum absolute atomic E-state index is 0.0139. The average molecular weight is 563 g/mol. The number of fused-ring (bicyclic) bond motifs is 3. The number of aliphatic hydroxyl groups excluding tert-OH is 2. The number of ether oxygens (including phenoxy) is 7. The summed E-state index contributed by atoms with van der Waals surface area (Å²) >= 11 is 0. The monoisotopic (exact) mass is 562 g/mol. The van der Waals surface area contributed by atoms with Gasteiger partial charge < -0.3 is 43.4 Å². The maximum absolute atomic E-state index is 13.4. The summed E-state index contributed by atoms with van der Waals surface area (Å²) in [6.07, 6.45) is 2.83. The molecule has 0 radical (unpaired) electrons. The standard InChI is InChI=1S/C29H38O11/c1-15(30)16-7-5-6-8-20(32)37-18-11-19-29(14-36-29)27(18,4)28(10-9-25(2)21(39-25)22(28)38-19)13-35-24(33)23-26(3,40-23)17(31)12-34-16/h5-8,15-19,21-23,30-31H,9-14H2,1-4H3/b7-5-,8-6+/t15-,16-,17+,18+,19+,21+,22-,23+,25+,26-,27-,28-,29+/m0/s1. The lowest BCUT2D eigenvalue weighted by Crippen LogP contribution is -2.69. The molecule has 5 heterocycles. The molecule has 4 saturated heterocycles. The van der Waals surface area contributed by atoms with Crippen molar-refractivity contribution < 1.29 is 53.0 Å².